The van der Waals surface area contributed by atoms with Crippen molar-refractivity contribution in [3.05, 3.63) is 88.8 Å². The summed E-state index contributed by atoms with van der Waals surface area (Å²) in [5.74, 6) is 0.993. The lowest BCUT2D eigenvalue weighted by atomic mass is 10.1. The van der Waals surface area contributed by atoms with Crippen LogP contribution in [0.3, 0.4) is 0 Å². The fourth-order valence-electron chi connectivity index (χ4n) is 2.98. The molecule has 2 N–H and O–H groups in total. The highest BCUT2D eigenvalue weighted by Crippen LogP contribution is 2.22. The first-order valence-corrected chi connectivity index (χ1v) is 10.2. The van der Waals surface area contributed by atoms with Gasteiger partial charge < -0.3 is 14.5 Å². The van der Waals surface area contributed by atoms with Crippen molar-refractivity contribution in [2.24, 2.45) is 0 Å². The van der Waals surface area contributed by atoms with Gasteiger partial charge in [-0.15, -0.1) is 0 Å². The van der Waals surface area contributed by atoms with E-state index in [1.807, 2.05) is 30.3 Å². The van der Waals surface area contributed by atoms with E-state index in [9.17, 15) is 4.79 Å². The molecule has 0 aliphatic heterocycles. The summed E-state index contributed by atoms with van der Waals surface area (Å²) in [5.41, 5.74) is 3.71. The van der Waals surface area contributed by atoms with Gasteiger partial charge in [0.15, 0.2) is 16.6 Å². The molecule has 0 saturated carbocycles. The third kappa shape index (κ3) is 5.20. The number of halogens is 1. The minimum absolute atomic E-state index is 0.212. The lowest BCUT2D eigenvalue weighted by Gasteiger charge is -2.10. The van der Waals surface area contributed by atoms with Crippen LogP contribution >= 0.6 is 23.8 Å². The van der Waals surface area contributed by atoms with Crippen molar-refractivity contribution in [1.82, 2.24) is 10.3 Å². The Morgan fingerprint density at radius 2 is 1.84 bits per heavy atom. The van der Waals surface area contributed by atoms with Crippen LogP contribution in [0.25, 0.3) is 11.1 Å². The quantitative estimate of drug-likeness (QED) is 0.406. The SMILES string of the molecule is COc1ccc(C(=O)NC(=S)Nc2ccc(Cc3nc4cc(Cl)ccc4o3)cc2)cc1. The van der Waals surface area contributed by atoms with Gasteiger partial charge in [-0.25, -0.2) is 4.98 Å². The van der Waals surface area contributed by atoms with Gasteiger partial charge in [-0.2, -0.15) is 0 Å². The summed E-state index contributed by atoms with van der Waals surface area (Å²) in [6.07, 6.45) is 0.547. The number of hydrogen-bond donors (Lipinski definition) is 2. The van der Waals surface area contributed by atoms with Crippen molar-refractivity contribution in [1.29, 1.82) is 0 Å². The van der Waals surface area contributed by atoms with Crippen LogP contribution in [0.2, 0.25) is 5.02 Å². The number of carbonyl (C=O) groups excluding carboxylic acids is 1. The second kappa shape index (κ2) is 9.16. The lowest BCUT2D eigenvalue weighted by Crippen LogP contribution is -2.34. The summed E-state index contributed by atoms with van der Waals surface area (Å²) in [4.78, 5) is 16.8. The fraction of sp³-hybridized carbons (Fsp3) is 0.0870. The van der Waals surface area contributed by atoms with Crippen LogP contribution in [0.4, 0.5) is 5.69 Å². The first-order valence-electron chi connectivity index (χ1n) is 9.40. The number of hydrogen-bond acceptors (Lipinski definition) is 5. The maximum Gasteiger partial charge on any atom is 0.257 e. The van der Waals surface area contributed by atoms with Crippen molar-refractivity contribution in [3.63, 3.8) is 0 Å². The summed E-state index contributed by atoms with van der Waals surface area (Å²) in [7, 11) is 1.57. The van der Waals surface area contributed by atoms with Crippen LogP contribution in [0.5, 0.6) is 5.75 Å². The molecule has 0 spiro atoms. The summed E-state index contributed by atoms with van der Waals surface area (Å²) in [5, 5.41) is 6.50. The number of methoxy groups -OCH3 is 1. The molecular formula is C23H18ClN3O3S. The molecule has 156 valence electrons. The topological polar surface area (TPSA) is 76.4 Å². The molecule has 8 heteroatoms. The van der Waals surface area contributed by atoms with Crippen LogP contribution in [-0.2, 0) is 6.42 Å². The van der Waals surface area contributed by atoms with Gasteiger partial charge in [0.05, 0.1) is 7.11 Å². The highest BCUT2D eigenvalue weighted by molar-refractivity contribution is 7.80. The van der Waals surface area contributed by atoms with Gasteiger partial charge in [0.25, 0.3) is 5.91 Å². The number of rotatable bonds is 5. The third-order valence-electron chi connectivity index (χ3n) is 4.54. The van der Waals surface area contributed by atoms with E-state index in [0.29, 0.717) is 34.2 Å². The predicted octanol–water partition coefficient (Wildman–Crippen LogP) is 5.21. The maximum atomic E-state index is 12.3. The molecule has 0 bridgehead atoms. The molecule has 4 aromatic rings. The molecule has 31 heavy (non-hydrogen) atoms. The number of aromatic nitrogens is 1. The van der Waals surface area contributed by atoms with Crippen molar-refractivity contribution >= 4 is 51.6 Å². The van der Waals surface area contributed by atoms with Gasteiger partial charge >= 0.3 is 0 Å². The second-order valence-electron chi connectivity index (χ2n) is 6.73. The summed E-state index contributed by atoms with van der Waals surface area (Å²) in [6.45, 7) is 0. The van der Waals surface area contributed by atoms with E-state index in [0.717, 1.165) is 16.8 Å². The lowest BCUT2D eigenvalue weighted by molar-refractivity contribution is 0.0977. The highest BCUT2D eigenvalue weighted by atomic mass is 35.5. The van der Waals surface area contributed by atoms with Crippen molar-refractivity contribution in [2.45, 2.75) is 6.42 Å². The smallest absolute Gasteiger partial charge is 0.257 e. The zero-order chi connectivity index (χ0) is 21.8. The minimum atomic E-state index is -0.298. The van der Waals surface area contributed by atoms with Crippen LogP contribution in [0, 0.1) is 0 Å². The first-order chi connectivity index (χ1) is 15.0. The van der Waals surface area contributed by atoms with E-state index in [1.165, 1.54) is 0 Å². The van der Waals surface area contributed by atoms with E-state index >= 15 is 0 Å². The molecule has 1 amide bonds. The monoisotopic (exact) mass is 451 g/mol. The molecule has 1 aromatic heterocycles. The molecule has 0 unspecified atom stereocenters. The normalized spacial score (nSPS) is 10.6. The fourth-order valence-corrected chi connectivity index (χ4v) is 3.36. The van der Waals surface area contributed by atoms with Gasteiger partial charge in [0, 0.05) is 22.7 Å². The maximum absolute atomic E-state index is 12.3. The Kier molecular flexibility index (Phi) is 6.16. The van der Waals surface area contributed by atoms with E-state index in [-0.39, 0.29) is 11.0 Å². The van der Waals surface area contributed by atoms with E-state index in [2.05, 4.69) is 15.6 Å². The largest absolute Gasteiger partial charge is 0.497 e. The van der Waals surface area contributed by atoms with Gasteiger partial charge in [0.2, 0.25) is 0 Å². The Bertz CT molecular complexity index is 1240. The molecule has 4 rings (SSSR count). The Morgan fingerprint density at radius 1 is 1.10 bits per heavy atom. The molecule has 0 atom stereocenters. The average molecular weight is 452 g/mol. The number of nitrogens with one attached hydrogen (secondary N) is 2. The van der Waals surface area contributed by atoms with E-state index in [1.54, 1.807) is 43.5 Å². The number of anilines is 1. The van der Waals surface area contributed by atoms with Crippen LogP contribution in [-0.4, -0.2) is 23.1 Å². The van der Waals surface area contributed by atoms with Gasteiger partial charge in [-0.05, 0) is 72.4 Å². The Morgan fingerprint density at radius 3 is 2.55 bits per heavy atom. The average Bonchev–Trinajstić information content (AvgIpc) is 3.16. The van der Waals surface area contributed by atoms with Gasteiger partial charge in [-0.1, -0.05) is 23.7 Å². The number of benzene rings is 3. The van der Waals surface area contributed by atoms with Gasteiger partial charge in [-0.3, -0.25) is 10.1 Å². The molecule has 0 saturated heterocycles. The third-order valence-corrected chi connectivity index (χ3v) is 4.98. The molecule has 0 fully saturated rings. The van der Waals surface area contributed by atoms with Crippen molar-refractivity contribution < 1.29 is 13.9 Å². The number of nitrogens with zero attached hydrogens (tertiary/aromatic N) is 1. The number of oxazole rings is 1. The number of fused-ring (bicyclic) bond motifs is 1. The summed E-state index contributed by atoms with van der Waals surface area (Å²) >= 11 is 11.2. The molecular weight excluding hydrogens is 434 g/mol. The van der Waals surface area contributed by atoms with Crippen LogP contribution < -0.4 is 15.4 Å². The van der Waals surface area contributed by atoms with Crippen LogP contribution in [0.1, 0.15) is 21.8 Å². The number of amides is 1. The van der Waals surface area contributed by atoms with Crippen molar-refractivity contribution in [2.75, 3.05) is 12.4 Å². The highest BCUT2D eigenvalue weighted by Gasteiger charge is 2.10. The summed E-state index contributed by atoms with van der Waals surface area (Å²) in [6, 6.07) is 19.8. The number of thiocarbonyl (C=S) groups is 1. The summed E-state index contributed by atoms with van der Waals surface area (Å²) < 4.78 is 10.9. The standard InChI is InChI=1S/C23H18ClN3O3S/c1-29-18-9-4-15(5-10-18)22(28)27-23(31)25-17-7-2-14(3-8-17)12-21-26-19-13-16(24)6-11-20(19)30-21/h2-11,13H,12H2,1H3,(H2,25,27,28,31). The first kappa shape index (κ1) is 20.8. The minimum Gasteiger partial charge on any atom is -0.497 e. The molecule has 0 radical (unpaired) electrons. The van der Waals surface area contributed by atoms with E-state index in [4.69, 9.17) is 33.0 Å². The molecule has 6 nitrogen and oxygen atoms in total. The zero-order valence-corrected chi connectivity index (χ0v) is 18.1. The number of ether oxygens (including phenoxy) is 1. The van der Waals surface area contributed by atoms with Gasteiger partial charge in [0.1, 0.15) is 11.3 Å². The Hall–Kier alpha value is -3.42. The zero-order valence-electron chi connectivity index (χ0n) is 16.5. The van der Waals surface area contributed by atoms with E-state index < -0.39 is 0 Å². The molecule has 0 aliphatic rings. The molecule has 3 aromatic carbocycles. The van der Waals surface area contributed by atoms with Crippen LogP contribution in [0.15, 0.2) is 71.1 Å². The second-order valence-corrected chi connectivity index (χ2v) is 7.57. The Labute approximate surface area is 189 Å². The predicted molar refractivity (Wildman–Crippen MR) is 125 cm³/mol. The Balaban J connectivity index is 1.34. The molecule has 0 aliphatic carbocycles. The number of carbonyl (C=O) groups is 1. The molecule has 1 heterocycles. The van der Waals surface area contributed by atoms with Crippen molar-refractivity contribution in [3.8, 4) is 5.75 Å².